The molecule has 25 heavy (non-hydrogen) atoms. The molecular weight excluding hydrogens is 332 g/mol. The van der Waals surface area contributed by atoms with Gasteiger partial charge in [0, 0.05) is 0 Å². The fourth-order valence-electron chi connectivity index (χ4n) is 1.94. The predicted octanol–water partition coefficient (Wildman–Crippen LogP) is 1.94. The molecule has 11 nitrogen and oxygen atoms in total. The molecule has 3 N–H and O–H groups in total. The summed E-state index contributed by atoms with van der Waals surface area (Å²) < 4.78 is 10.1. The Kier molecular flexibility index (Phi) is 4.55. The Bertz CT molecular complexity index is 862. The van der Waals surface area contributed by atoms with E-state index in [1.165, 1.54) is 18.6 Å². The minimum Gasteiger partial charge on any atom is -0.467 e. The van der Waals surface area contributed by atoms with Gasteiger partial charge in [-0.1, -0.05) is 0 Å². The van der Waals surface area contributed by atoms with Gasteiger partial charge < -0.3 is 14.2 Å². The van der Waals surface area contributed by atoms with Crippen molar-refractivity contribution in [2.24, 2.45) is 0 Å². The first-order chi connectivity index (χ1) is 12.1. The molecule has 3 heterocycles. The van der Waals surface area contributed by atoms with Crippen LogP contribution in [0.2, 0.25) is 0 Å². The normalized spacial score (nSPS) is 10.2. The second kappa shape index (κ2) is 7.12. The number of nitro groups is 1. The van der Waals surface area contributed by atoms with E-state index in [1.807, 2.05) is 0 Å². The van der Waals surface area contributed by atoms with Crippen LogP contribution in [0.25, 0.3) is 0 Å². The lowest BCUT2D eigenvalue weighted by Gasteiger charge is -2.09. The first-order valence-electron chi connectivity index (χ1n) is 7.00. The third-order valence-electron chi connectivity index (χ3n) is 3.05. The van der Waals surface area contributed by atoms with Crippen LogP contribution in [0, 0.1) is 10.1 Å². The fourth-order valence-corrected chi connectivity index (χ4v) is 1.94. The third kappa shape index (κ3) is 3.72. The maximum atomic E-state index is 11.8. The van der Waals surface area contributed by atoms with Crippen molar-refractivity contribution in [3.63, 3.8) is 0 Å². The van der Waals surface area contributed by atoms with Gasteiger partial charge in [-0.25, -0.2) is 9.97 Å². The lowest BCUT2D eigenvalue weighted by Crippen LogP contribution is -2.30. The Morgan fingerprint density at radius 1 is 1.16 bits per heavy atom. The van der Waals surface area contributed by atoms with Gasteiger partial charge in [0.05, 0.1) is 24.0 Å². The Morgan fingerprint density at radius 2 is 1.92 bits per heavy atom. The maximum absolute atomic E-state index is 11.8. The number of rotatable bonds is 7. The molecule has 3 aromatic rings. The predicted molar refractivity (Wildman–Crippen MR) is 84.5 cm³/mol. The maximum Gasteiger partial charge on any atom is 0.354 e. The van der Waals surface area contributed by atoms with Gasteiger partial charge in [-0.05, 0) is 24.3 Å². The molecule has 0 aliphatic rings. The number of aromatic nitrogens is 2. The highest BCUT2D eigenvalue weighted by atomic mass is 16.6. The summed E-state index contributed by atoms with van der Waals surface area (Å²) in [5.41, 5.74) is 4.25. The van der Waals surface area contributed by atoms with Crippen LogP contribution in [0.4, 0.5) is 17.3 Å². The van der Waals surface area contributed by atoms with Crippen molar-refractivity contribution in [2.75, 3.05) is 10.7 Å². The molecule has 0 atom stereocenters. The first-order valence-corrected chi connectivity index (χ1v) is 7.00. The summed E-state index contributed by atoms with van der Waals surface area (Å²) in [5, 5.41) is 14.2. The van der Waals surface area contributed by atoms with E-state index in [-0.39, 0.29) is 23.9 Å². The number of amides is 1. The van der Waals surface area contributed by atoms with Crippen LogP contribution in [0.3, 0.4) is 0 Å². The van der Waals surface area contributed by atoms with Crippen molar-refractivity contribution in [2.45, 2.75) is 6.54 Å². The highest BCUT2D eigenvalue weighted by Crippen LogP contribution is 2.28. The largest absolute Gasteiger partial charge is 0.467 e. The summed E-state index contributed by atoms with van der Waals surface area (Å²) in [4.78, 5) is 30.2. The van der Waals surface area contributed by atoms with Crippen LogP contribution in [0.15, 0.2) is 52.0 Å². The number of nitrogens with zero attached hydrogens (tertiary/aromatic N) is 3. The van der Waals surface area contributed by atoms with Gasteiger partial charge in [-0.15, -0.1) is 0 Å². The molecule has 0 bridgehead atoms. The van der Waals surface area contributed by atoms with Crippen LogP contribution in [-0.2, 0) is 6.54 Å². The minimum absolute atomic E-state index is 0.0221. The van der Waals surface area contributed by atoms with Crippen LogP contribution in [0.1, 0.15) is 16.3 Å². The van der Waals surface area contributed by atoms with Gasteiger partial charge >= 0.3 is 11.6 Å². The van der Waals surface area contributed by atoms with Gasteiger partial charge in [0.1, 0.15) is 12.1 Å². The summed E-state index contributed by atoms with van der Waals surface area (Å²) in [7, 11) is 0. The van der Waals surface area contributed by atoms with E-state index in [4.69, 9.17) is 8.83 Å². The molecule has 0 fully saturated rings. The molecule has 0 unspecified atom stereocenters. The SMILES string of the molecule is O=C(NNc1ncnc(NCc2ccco2)c1[N+](=O)[O-])c1ccco1. The van der Waals surface area contributed by atoms with E-state index in [1.54, 1.807) is 18.2 Å². The molecule has 128 valence electrons. The number of furan rings is 2. The van der Waals surface area contributed by atoms with Crippen LogP contribution >= 0.6 is 0 Å². The van der Waals surface area contributed by atoms with E-state index in [2.05, 4.69) is 26.1 Å². The molecule has 0 saturated carbocycles. The number of hydrogen-bond donors (Lipinski definition) is 3. The summed E-state index contributed by atoms with van der Waals surface area (Å²) in [5.74, 6) is -0.190. The standard InChI is InChI=1S/C14H12N6O5/c21-14(10-4-2-6-25-10)19-18-13-11(20(22)23)12(16-8-17-13)15-7-9-3-1-5-24-9/h1-6,8H,7H2,(H,19,21)(H2,15,16,17,18). The third-order valence-corrected chi connectivity index (χ3v) is 3.05. The summed E-state index contributed by atoms with van der Waals surface area (Å²) >= 11 is 0. The Labute approximate surface area is 140 Å². The average Bonchev–Trinajstić information content (AvgIpc) is 3.30. The number of hydrogen-bond acceptors (Lipinski definition) is 9. The van der Waals surface area contributed by atoms with Gasteiger partial charge in [0.15, 0.2) is 5.76 Å². The summed E-state index contributed by atoms with van der Waals surface area (Å²) in [6.07, 6.45) is 3.94. The van der Waals surface area contributed by atoms with Crippen molar-refractivity contribution in [3.8, 4) is 0 Å². The van der Waals surface area contributed by atoms with Gasteiger partial charge in [0.2, 0.25) is 11.6 Å². The zero-order valence-electron chi connectivity index (χ0n) is 12.6. The second-order valence-electron chi connectivity index (χ2n) is 4.67. The van der Waals surface area contributed by atoms with Crippen molar-refractivity contribution < 1.29 is 18.6 Å². The molecule has 0 radical (unpaired) electrons. The number of carbonyl (C=O) groups excluding carboxylic acids is 1. The summed E-state index contributed by atoms with van der Waals surface area (Å²) in [6, 6.07) is 6.39. The zero-order chi connectivity index (χ0) is 17.6. The zero-order valence-corrected chi connectivity index (χ0v) is 12.6. The number of anilines is 2. The molecule has 0 aliphatic heterocycles. The molecule has 0 spiro atoms. The first kappa shape index (κ1) is 16.0. The number of carbonyl (C=O) groups is 1. The number of nitrogens with one attached hydrogen (secondary N) is 3. The van der Waals surface area contributed by atoms with Crippen LogP contribution < -0.4 is 16.2 Å². The number of hydrazine groups is 1. The molecule has 0 saturated heterocycles. The Hall–Kier alpha value is -3.89. The van der Waals surface area contributed by atoms with Crippen molar-refractivity contribution in [1.82, 2.24) is 15.4 Å². The fraction of sp³-hybridized carbons (Fsp3) is 0.0714. The molecule has 11 heteroatoms. The van der Waals surface area contributed by atoms with Crippen LogP contribution in [-0.4, -0.2) is 20.8 Å². The Balaban J connectivity index is 1.75. The lowest BCUT2D eigenvalue weighted by molar-refractivity contribution is -0.383. The van der Waals surface area contributed by atoms with Crippen LogP contribution in [0.5, 0.6) is 0 Å². The molecule has 0 aliphatic carbocycles. The van der Waals surface area contributed by atoms with Crippen molar-refractivity contribution in [1.29, 1.82) is 0 Å². The molecule has 0 aromatic carbocycles. The van der Waals surface area contributed by atoms with Crippen molar-refractivity contribution >= 4 is 23.2 Å². The van der Waals surface area contributed by atoms with Gasteiger partial charge in [-0.2, -0.15) is 0 Å². The van der Waals surface area contributed by atoms with E-state index >= 15 is 0 Å². The monoisotopic (exact) mass is 344 g/mol. The molecule has 3 rings (SSSR count). The second-order valence-corrected chi connectivity index (χ2v) is 4.67. The van der Waals surface area contributed by atoms with E-state index in [0.717, 1.165) is 6.33 Å². The molecule has 3 aromatic heterocycles. The lowest BCUT2D eigenvalue weighted by atomic mass is 10.4. The molecule has 1 amide bonds. The molecular formula is C14H12N6O5. The van der Waals surface area contributed by atoms with Gasteiger partial charge in [0.25, 0.3) is 0 Å². The van der Waals surface area contributed by atoms with E-state index in [0.29, 0.717) is 5.76 Å². The smallest absolute Gasteiger partial charge is 0.354 e. The van der Waals surface area contributed by atoms with E-state index in [9.17, 15) is 14.9 Å². The average molecular weight is 344 g/mol. The quantitative estimate of drug-likeness (QED) is 0.431. The van der Waals surface area contributed by atoms with E-state index < -0.39 is 16.5 Å². The van der Waals surface area contributed by atoms with Crippen molar-refractivity contribution in [3.05, 3.63) is 64.8 Å². The summed E-state index contributed by atoms with van der Waals surface area (Å²) in [6.45, 7) is 0.197. The Morgan fingerprint density at radius 3 is 2.60 bits per heavy atom. The topological polar surface area (TPSA) is 148 Å². The van der Waals surface area contributed by atoms with Gasteiger partial charge in [-0.3, -0.25) is 25.8 Å². The highest BCUT2D eigenvalue weighted by molar-refractivity contribution is 5.92. The highest BCUT2D eigenvalue weighted by Gasteiger charge is 2.23. The minimum atomic E-state index is -0.661.